The van der Waals surface area contributed by atoms with Crippen LogP contribution >= 0.6 is 6.89 Å². The summed E-state index contributed by atoms with van der Waals surface area (Å²) in [7, 11) is 3.80. The Morgan fingerprint density at radius 3 is 2.52 bits per heavy atom. The monoisotopic (exact) mass is 341 g/mol. The standard InChI is InChI=1S/C16H28N3O3P/c1-11-17-13(18(2)3)7-9-19(11)16-15(21)14(20)12(22-16)8-10-23(4,5)6/h7,9,12,14-16,20-21H,1,4,8,10H2,2-3,5-6H3/t12-,14-,15?,16-/m1/s1. The fourth-order valence-electron chi connectivity index (χ4n) is 2.62. The summed E-state index contributed by atoms with van der Waals surface area (Å²) >= 11 is 0. The minimum absolute atomic E-state index is 0.392. The lowest BCUT2D eigenvalue weighted by Gasteiger charge is -2.32. The number of hydrogen-bond donors (Lipinski definition) is 2. The van der Waals surface area contributed by atoms with E-state index in [4.69, 9.17) is 4.74 Å². The third-order valence-electron chi connectivity index (χ3n) is 4.01. The van der Waals surface area contributed by atoms with Gasteiger partial charge in [0.25, 0.3) is 0 Å². The van der Waals surface area contributed by atoms with Crippen molar-refractivity contribution in [3.8, 4) is 0 Å². The van der Waals surface area contributed by atoms with E-state index < -0.39 is 31.4 Å². The number of hydrogen-bond acceptors (Lipinski definition) is 6. The topological polar surface area (TPSA) is 68.5 Å². The highest BCUT2D eigenvalue weighted by molar-refractivity contribution is 7.72. The van der Waals surface area contributed by atoms with Gasteiger partial charge in [-0.05, 0) is 32.0 Å². The third-order valence-corrected chi connectivity index (χ3v) is 5.48. The number of ether oxygens (including phenoxy) is 1. The molecular weight excluding hydrogens is 313 g/mol. The van der Waals surface area contributed by atoms with Gasteiger partial charge in [-0.3, -0.25) is 0 Å². The highest BCUT2D eigenvalue weighted by Crippen LogP contribution is 2.38. The van der Waals surface area contributed by atoms with Crippen LogP contribution in [0.1, 0.15) is 6.42 Å². The molecule has 0 saturated carbocycles. The molecule has 1 saturated heterocycles. The van der Waals surface area contributed by atoms with E-state index in [1.807, 2.05) is 25.1 Å². The molecule has 6 nitrogen and oxygen atoms in total. The van der Waals surface area contributed by atoms with Crippen molar-refractivity contribution in [3.63, 3.8) is 0 Å². The van der Waals surface area contributed by atoms with E-state index in [0.29, 0.717) is 12.2 Å². The summed E-state index contributed by atoms with van der Waals surface area (Å²) in [6.45, 7) is 7.03. The highest BCUT2D eigenvalue weighted by atomic mass is 31.2. The molecule has 0 amide bonds. The maximum Gasteiger partial charge on any atom is 0.164 e. The fourth-order valence-corrected chi connectivity index (χ4v) is 3.57. The van der Waals surface area contributed by atoms with E-state index in [2.05, 4.69) is 31.2 Å². The molecule has 0 bridgehead atoms. The van der Waals surface area contributed by atoms with E-state index in [9.17, 15) is 10.2 Å². The van der Waals surface area contributed by atoms with Gasteiger partial charge in [-0.15, -0.1) is 13.2 Å². The molecule has 2 N–H and O–H groups in total. The maximum atomic E-state index is 10.3. The van der Waals surface area contributed by atoms with Gasteiger partial charge in [0, 0.05) is 20.3 Å². The predicted octanol–water partition coefficient (Wildman–Crippen LogP) is 0.793. The Morgan fingerprint density at radius 2 is 2.00 bits per heavy atom. The molecule has 0 aromatic carbocycles. The van der Waals surface area contributed by atoms with Gasteiger partial charge in [-0.25, -0.2) is 4.99 Å². The molecular formula is C16H28N3O3P. The average molecular weight is 341 g/mol. The zero-order chi connectivity index (χ0) is 17.4. The molecule has 130 valence electrons. The van der Waals surface area contributed by atoms with Crippen LogP contribution in [0.15, 0.2) is 29.7 Å². The Morgan fingerprint density at radius 1 is 1.35 bits per heavy atom. The van der Waals surface area contributed by atoms with E-state index in [0.717, 1.165) is 12.0 Å². The second-order valence-corrected chi connectivity index (χ2v) is 11.3. The molecule has 2 aliphatic rings. The first-order chi connectivity index (χ1) is 10.6. The maximum absolute atomic E-state index is 10.3. The first-order valence-electron chi connectivity index (χ1n) is 7.70. The van der Waals surface area contributed by atoms with Crippen LogP contribution in [-0.2, 0) is 4.74 Å². The molecule has 0 aromatic heterocycles. The number of likely N-dealkylation sites (N-methyl/N-ethyl adjacent to an activating group) is 1. The number of aliphatic hydroxyl groups is 2. The van der Waals surface area contributed by atoms with Crippen molar-refractivity contribution < 1.29 is 14.9 Å². The molecule has 2 aliphatic heterocycles. The summed E-state index contributed by atoms with van der Waals surface area (Å²) in [5.74, 6) is 1.26. The first-order valence-corrected chi connectivity index (χ1v) is 10.8. The lowest BCUT2D eigenvalue weighted by molar-refractivity contribution is -0.0578. The van der Waals surface area contributed by atoms with Crippen LogP contribution in [-0.4, -0.2) is 90.3 Å². The number of aliphatic hydroxyl groups excluding tert-OH is 2. The number of amidine groups is 1. The largest absolute Gasteiger partial charge is 0.388 e. The quantitative estimate of drug-likeness (QED) is 0.740. The minimum Gasteiger partial charge on any atom is -0.388 e. The van der Waals surface area contributed by atoms with Crippen LogP contribution in [0, 0.1) is 0 Å². The number of nitrogens with zero attached hydrogens (tertiary/aromatic N) is 3. The van der Waals surface area contributed by atoms with Crippen molar-refractivity contribution in [1.29, 1.82) is 0 Å². The molecule has 1 fully saturated rings. The van der Waals surface area contributed by atoms with Gasteiger partial charge < -0.3 is 24.7 Å². The highest BCUT2D eigenvalue weighted by Gasteiger charge is 2.45. The lowest BCUT2D eigenvalue weighted by Crippen LogP contribution is -2.42. The van der Waals surface area contributed by atoms with Crippen LogP contribution in [0.4, 0.5) is 0 Å². The van der Waals surface area contributed by atoms with Gasteiger partial charge in [-0.1, -0.05) is 6.58 Å². The summed E-state index contributed by atoms with van der Waals surface area (Å²) < 4.78 is 5.91. The van der Waals surface area contributed by atoms with E-state index in [1.54, 1.807) is 11.1 Å². The SMILES string of the molecule is C=C1N=C(N(C)C)C=CN1[C@@H]1O[C@H](CCP(=C)(C)C)[C@@H](O)C1O. The van der Waals surface area contributed by atoms with Crippen molar-refractivity contribution in [1.82, 2.24) is 9.80 Å². The van der Waals surface area contributed by atoms with E-state index >= 15 is 0 Å². The number of aliphatic imine (C=N–C) groups is 1. The van der Waals surface area contributed by atoms with Crippen molar-refractivity contribution in [3.05, 3.63) is 24.7 Å². The summed E-state index contributed by atoms with van der Waals surface area (Å²) in [6.07, 6.45) is 6.42. The zero-order valence-corrected chi connectivity index (χ0v) is 15.3. The molecule has 0 radical (unpaired) electrons. The van der Waals surface area contributed by atoms with Crippen LogP contribution in [0.5, 0.6) is 0 Å². The van der Waals surface area contributed by atoms with Crippen molar-refractivity contribution >= 4 is 19.0 Å². The second kappa shape index (κ2) is 6.81. The van der Waals surface area contributed by atoms with E-state index in [-0.39, 0.29) is 0 Å². The van der Waals surface area contributed by atoms with Crippen molar-refractivity contribution in [2.75, 3.05) is 33.6 Å². The Kier molecular flexibility index (Phi) is 5.41. The molecule has 0 aromatic rings. The molecule has 0 aliphatic carbocycles. The molecule has 23 heavy (non-hydrogen) atoms. The molecule has 0 spiro atoms. The Balaban J connectivity index is 2.06. The normalized spacial score (nSPS) is 31.5. The third kappa shape index (κ3) is 4.27. The predicted molar refractivity (Wildman–Crippen MR) is 97.3 cm³/mol. The molecule has 7 heteroatoms. The molecule has 4 atom stereocenters. The molecule has 2 rings (SSSR count). The van der Waals surface area contributed by atoms with Crippen LogP contribution in [0.2, 0.25) is 0 Å². The smallest absolute Gasteiger partial charge is 0.164 e. The second-order valence-electron chi connectivity index (χ2n) is 7.00. The van der Waals surface area contributed by atoms with Gasteiger partial charge >= 0.3 is 0 Å². The summed E-state index contributed by atoms with van der Waals surface area (Å²) in [6, 6.07) is 0. The van der Waals surface area contributed by atoms with Crippen LogP contribution < -0.4 is 0 Å². The first kappa shape index (κ1) is 18.3. The zero-order valence-electron chi connectivity index (χ0n) is 14.4. The summed E-state index contributed by atoms with van der Waals surface area (Å²) in [5.41, 5.74) is 0. The van der Waals surface area contributed by atoms with Gasteiger partial charge in [0.2, 0.25) is 0 Å². The van der Waals surface area contributed by atoms with Gasteiger partial charge in [0.15, 0.2) is 6.23 Å². The van der Waals surface area contributed by atoms with Gasteiger partial charge in [0.05, 0.1) is 6.10 Å². The number of rotatable bonds is 4. The van der Waals surface area contributed by atoms with Gasteiger partial charge in [-0.2, -0.15) is 0 Å². The Hall–Kier alpha value is -1.07. The fraction of sp³-hybridized carbons (Fsp3) is 0.625. The van der Waals surface area contributed by atoms with Crippen molar-refractivity contribution in [2.45, 2.75) is 31.0 Å². The van der Waals surface area contributed by atoms with Crippen molar-refractivity contribution in [2.24, 2.45) is 4.99 Å². The summed E-state index contributed by atoms with van der Waals surface area (Å²) in [5, 5.41) is 20.6. The van der Waals surface area contributed by atoms with Crippen LogP contribution in [0.3, 0.4) is 0 Å². The molecule has 2 heterocycles. The lowest BCUT2D eigenvalue weighted by atomic mass is 10.1. The van der Waals surface area contributed by atoms with Crippen LogP contribution in [0.25, 0.3) is 0 Å². The average Bonchev–Trinajstić information content (AvgIpc) is 2.72. The Labute approximate surface area is 138 Å². The Bertz CT molecular complexity index is 567. The van der Waals surface area contributed by atoms with Gasteiger partial charge in [0.1, 0.15) is 23.9 Å². The van der Waals surface area contributed by atoms with E-state index in [1.165, 1.54) is 0 Å². The minimum atomic E-state index is -1.19. The molecule has 1 unspecified atom stereocenters. The summed E-state index contributed by atoms with van der Waals surface area (Å²) in [4.78, 5) is 7.94.